The summed E-state index contributed by atoms with van der Waals surface area (Å²) in [6, 6.07) is 17.6. The van der Waals surface area contributed by atoms with Crippen LogP contribution in [-0.4, -0.2) is 25.5 Å². The molecule has 7 nitrogen and oxygen atoms in total. The molecule has 2 N–H and O–H groups in total. The van der Waals surface area contributed by atoms with Gasteiger partial charge in [-0.3, -0.25) is 4.79 Å². The largest absolute Gasteiger partial charge is 0.453 e. The third-order valence-corrected chi connectivity index (χ3v) is 5.76. The van der Waals surface area contributed by atoms with Crippen molar-refractivity contribution in [3.05, 3.63) is 82.9 Å². The van der Waals surface area contributed by atoms with Crippen LogP contribution < -0.4 is 10.6 Å². The van der Waals surface area contributed by atoms with E-state index < -0.39 is 12.0 Å². The van der Waals surface area contributed by atoms with Gasteiger partial charge in [0.15, 0.2) is 0 Å². The van der Waals surface area contributed by atoms with Gasteiger partial charge in [0.2, 0.25) is 5.91 Å². The van der Waals surface area contributed by atoms with Crippen molar-refractivity contribution in [2.24, 2.45) is 0 Å². The highest BCUT2D eigenvalue weighted by Gasteiger charge is 2.37. The molecule has 0 aliphatic heterocycles. The van der Waals surface area contributed by atoms with E-state index in [0.717, 1.165) is 10.2 Å². The molecule has 0 bridgehead atoms. The predicted molar refractivity (Wildman–Crippen MR) is 127 cm³/mol. The Labute approximate surface area is 200 Å². The summed E-state index contributed by atoms with van der Waals surface area (Å²) in [5, 5.41) is 9.81. The molecule has 2 heterocycles. The predicted octanol–water partition coefficient (Wildman–Crippen LogP) is 5.50. The van der Waals surface area contributed by atoms with Gasteiger partial charge in [-0.1, -0.05) is 30.3 Å². The van der Waals surface area contributed by atoms with Crippen molar-refractivity contribution in [1.82, 2.24) is 19.6 Å². The quantitative estimate of drug-likeness (QED) is 0.363. The first kappa shape index (κ1) is 24.2. The average molecular weight is 483 g/mol. The number of hydrogen-bond donors (Lipinski definition) is 2. The summed E-state index contributed by atoms with van der Waals surface area (Å²) in [4.78, 5) is 20.1. The van der Waals surface area contributed by atoms with Gasteiger partial charge in [0.05, 0.1) is 0 Å². The van der Waals surface area contributed by atoms with Gasteiger partial charge in [-0.15, -0.1) is 5.10 Å². The Morgan fingerprint density at radius 2 is 1.66 bits per heavy atom. The minimum absolute atomic E-state index is 0.115. The Morgan fingerprint density at radius 1 is 1.00 bits per heavy atom. The lowest BCUT2D eigenvalue weighted by molar-refractivity contribution is -0.144. The first-order valence-corrected chi connectivity index (χ1v) is 11.1. The van der Waals surface area contributed by atoms with E-state index in [-0.39, 0.29) is 24.1 Å². The second-order valence-electron chi connectivity index (χ2n) is 8.31. The van der Waals surface area contributed by atoms with Crippen LogP contribution in [0.5, 0.6) is 0 Å². The fourth-order valence-corrected chi connectivity index (χ4v) is 3.88. The Bertz CT molecular complexity index is 1330. The number of benzene rings is 2. The molecule has 182 valence electrons. The van der Waals surface area contributed by atoms with Crippen molar-refractivity contribution in [1.29, 1.82) is 0 Å². The zero-order chi connectivity index (χ0) is 25.2. The molecule has 10 heteroatoms. The molecule has 0 fully saturated rings. The molecule has 0 aliphatic rings. The van der Waals surface area contributed by atoms with Crippen molar-refractivity contribution in [3.63, 3.8) is 0 Å². The number of aryl methyl sites for hydroxylation is 2. The maximum atomic E-state index is 13.0. The second kappa shape index (κ2) is 9.73. The summed E-state index contributed by atoms with van der Waals surface area (Å²) in [5.74, 6) is -1.56. The molecule has 1 unspecified atom stereocenters. The number of rotatable bonds is 7. The molecule has 2 aromatic carbocycles. The minimum Gasteiger partial charge on any atom is -0.379 e. The molecule has 0 saturated heterocycles. The summed E-state index contributed by atoms with van der Waals surface area (Å²) in [6.07, 6.45) is -4.21. The lowest BCUT2D eigenvalue weighted by atomic mass is 10.1. The van der Waals surface area contributed by atoms with Gasteiger partial charge in [0.25, 0.3) is 11.6 Å². The number of nitrogens with one attached hydrogen (secondary N) is 2. The number of halogens is 3. The third-order valence-electron chi connectivity index (χ3n) is 5.76. The SMILES string of the molecule is Cc1nc2nc(C(F)(F)F)nn2c(C)c1CCC(=O)Nc1ccc(NC(C)c2ccccc2)cc1. The molecule has 0 spiro atoms. The number of carbonyl (C=O) groups is 1. The van der Waals surface area contributed by atoms with Crippen LogP contribution >= 0.6 is 0 Å². The molecular weight excluding hydrogens is 457 g/mol. The van der Waals surface area contributed by atoms with Crippen molar-refractivity contribution in [2.75, 3.05) is 10.6 Å². The highest BCUT2D eigenvalue weighted by Crippen LogP contribution is 2.27. The number of hydrogen-bond acceptors (Lipinski definition) is 5. The van der Waals surface area contributed by atoms with Crippen molar-refractivity contribution < 1.29 is 18.0 Å². The normalized spacial score (nSPS) is 12.5. The number of carbonyl (C=O) groups excluding carboxylic acids is 1. The Morgan fingerprint density at radius 3 is 2.31 bits per heavy atom. The molecule has 0 radical (unpaired) electrons. The lowest BCUT2D eigenvalue weighted by Gasteiger charge is -2.16. The molecule has 4 rings (SSSR count). The summed E-state index contributed by atoms with van der Waals surface area (Å²) in [7, 11) is 0. The topological polar surface area (TPSA) is 84.2 Å². The lowest BCUT2D eigenvalue weighted by Crippen LogP contribution is -2.14. The van der Waals surface area contributed by atoms with Crippen LogP contribution in [0.4, 0.5) is 24.5 Å². The van der Waals surface area contributed by atoms with E-state index >= 15 is 0 Å². The Kier molecular flexibility index (Phi) is 6.72. The van der Waals surface area contributed by atoms with E-state index in [1.54, 1.807) is 13.8 Å². The molecule has 4 aromatic rings. The van der Waals surface area contributed by atoms with Crippen molar-refractivity contribution in [3.8, 4) is 0 Å². The number of nitrogens with zero attached hydrogens (tertiary/aromatic N) is 4. The maximum Gasteiger partial charge on any atom is 0.453 e. The van der Waals surface area contributed by atoms with E-state index in [9.17, 15) is 18.0 Å². The molecule has 35 heavy (non-hydrogen) atoms. The van der Waals surface area contributed by atoms with Crippen molar-refractivity contribution >= 4 is 23.1 Å². The van der Waals surface area contributed by atoms with Gasteiger partial charge >= 0.3 is 6.18 Å². The molecule has 0 saturated carbocycles. The minimum atomic E-state index is -4.65. The first-order valence-electron chi connectivity index (χ1n) is 11.1. The third kappa shape index (κ3) is 5.59. The molecule has 1 amide bonds. The van der Waals surface area contributed by atoms with Crippen molar-refractivity contribution in [2.45, 2.75) is 45.8 Å². The smallest absolute Gasteiger partial charge is 0.379 e. The van der Waals surface area contributed by atoms with Gasteiger partial charge in [-0.05, 0) is 62.6 Å². The van der Waals surface area contributed by atoms with Gasteiger partial charge < -0.3 is 10.6 Å². The van der Waals surface area contributed by atoms with Gasteiger partial charge in [0.1, 0.15) is 0 Å². The first-order chi connectivity index (χ1) is 16.6. The second-order valence-corrected chi connectivity index (χ2v) is 8.31. The summed E-state index contributed by atoms with van der Waals surface area (Å²) in [5.41, 5.74) is 4.42. The molecule has 1 atom stereocenters. The number of anilines is 2. The zero-order valence-corrected chi connectivity index (χ0v) is 19.5. The summed E-state index contributed by atoms with van der Waals surface area (Å²) in [6.45, 7) is 5.40. The molecule has 2 aromatic heterocycles. The van der Waals surface area contributed by atoms with Crippen LogP contribution in [0.2, 0.25) is 0 Å². The Balaban J connectivity index is 1.37. The maximum absolute atomic E-state index is 13.0. The van der Waals surface area contributed by atoms with Crippen LogP contribution in [0.15, 0.2) is 54.6 Å². The number of amides is 1. The van der Waals surface area contributed by atoms with E-state index in [2.05, 4.69) is 44.8 Å². The van der Waals surface area contributed by atoms with E-state index in [4.69, 9.17) is 0 Å². The monoisotopic (exact) mass is 482 g/mol. The molecule has 0 aliphatic carbocycles. The average Bonchev–Trinajstić information content (AvgIpc) is 3.26. The highest BCUT2D eigenvalue weighted by atomic mass is 19.4. The fraction of sp³-hybridized carbons (Fsp3) is 0.280. The van der Waals surface area contributed by atoms with Crippen LogP contribution in [0.3, 0.4) is 0 Å². The van der Waals surface area contributed by atoms with E-state index in [1.807, 2.05) is 42.5 Å². The number of aromatic nitrogens is 4. The van der Waals surface area contributed by atoms with Crippen LogP contribution in [0.1, 0.15) is 47.7 Å². The van der Waals surface area contributed by atoms with Gasteiger partial charge in [-0.2, -0.15) is 18.2 Å². The van der Waals surface area contributed by atoms with E-state index in [0.29, 0.717) is 29.1 Å². The highest BCUT2D eigenvalue weighted by molar-refractivity contribution is 5.91. The van der Waals surface area contributed by atoms with Crippen LogP contribution in [-0.2, 0) is 17.4 Å². The fourth-order valence-electron chi connectivity index (χ4n) is 3.88. The number of alkyl halides is 3. The van der Waals surface area contributed by atoms with E-state index in [1.165, 1.54) is 5.56 Å². The van der Waals surface area contributed by atoms with Crippen LogP contribution in [0, 0.1) is 13.8 Å². The summed E-state index contributed by atoms with van der Waals surface area (Å²) < 4.78 is 40.0. The standard InChI is InChI=1S/C25H25F3N6O/c1-15(18-7-5-4-6-8-18)29-19-9-11-20(12-10-19)31-22(35)14-13-21-16(2)30-24-32-23(25(26,27)28)33-34(24)17(21)3/h4-12,15,29H,13-14H2,1-3H3,(H,31,35). The zero-order valence-electron chi connectivity index (χ0n) is 19.5. The van der Waals surface area contributed by atoms with Gasteiger partial charge in [-0.25, -0.2) is 9.50 Å². The Hall–Kier alpha value is -3.95. The number of fused-ring (bicyclic) bond motifs is 1. The van der Waals surface area contributed by atoms with Gasteiger partial charge in [0, 0.05) is 35.2 Å². The summed E-state index contributed by atoms with van der Waals surface area (Å²) >= 11 is 0. The molecular formula is C25H25F3N6O. The van der Waals surface area contributed by atoms with Crippen LogP contribution in [0.25, 0.3) is 5.78 Å².